The van der Waals surface area contributed by atoms with Crippen LogP contribution in [0.5, 0.6) is 0 Å². The first-order valence-electron chi connectivity index (χ1n) is 12.8. The number of hydrogen-bond donors (Lipinski definition) is 2. The van der Waals surface area contributed by atoms with Crippen LogP contribution in [0.2, 0.25) is 5.02 Å². The number of halogens is 1. The third-order valence-corrected chi connectivity index (χ3v) is 6.85. The van der Waals surface area contributed by atoms with Crippen LogP contribution in [0.1, 0.15) is 25.2 Å². The average Bonchev–Trinajstić information content (AvgIpc) is 3.41. The summed E-state index contributed by atoms with van der Waals surface area (Å²) in [4.78, 5) is 18.9. The van der Waals surface area contributed by atoms with E-state index in [9.17, 15) is 5.11 Å². The Morgan fingerprint density at radius 3 is 2.45 bits per heavy atom. The molecule has 2 aromatic carbocycles. The van der Waals surface area contributed by atoms with Gasteiger partial charge in [0, 0.05) is 34.5 Å². The summed E-state index contributed by atoms with van der Waals surface area (Å²) >= 11 is 6.65. The van der Waals surface area contributed by atoms with Crippen LogP contribution >= 0.6 is 11.6 Å². The van der Waals surface area contributed by atoms with Gasteiger partial charge in [-0.3, -0.25) is 14.6 Å². The lowest BCUT2D eigenvalue weighted by atomic mass is 10.0. The molecule has 40 heavy (non-hydrogen) atoms. The number of benzene rings is 2. The lowest BCUT2D eigenvalue weighted by Gasteiger charge is -2.17. The first kappa shape index (κ1) is 25.6. The molecule has 0 aliphatic rings. The third-order valence-electron chi connectivity index (χ3n) is 6.57. The normalized spacial score (nSPS) is 11.7. The van der Waals surface area contributed by atoms with Gasteiger partial charge in [-0.1, -0.05) is 54.1 Å². The minimum atomic E-state index is -1.03. The minimum absolute atomic E-state index is 0.290. The zero-order chi connectivity index (χ0) is 27.9. The van der Waals surface area contributed by atoms with Gasteiger partial charge in [-0.2, -0.15) is 5.10 Å². The van der Waals surface area contributed by atoms with Crippen molar-refractivity contribution in [3.05, 3.63) is 108 Å². The zero-order valence-electron chi connectivity index (χ0n) is 22.0. The lowest BCUT2D eigenvalue weighted by molar-refractivity contribution is 0.0736. The average molecular weight is 548 g/mol. The van der Waals surface area contributed by atoms with E-state index < -0.39 is 5.60 Å². The number of anilines is 1. The molecule has 0 aliphatic carbocycles. The van der Waals surface area contributed by atoms with Crippen molar-refractivity contribution in [3.63, 3.8) is 0 Å². The van der Waals surface area contributed by atoms with Gasteiger partial charge in [0.1, 0.15) is 11.3 Å². The minimum Gasteiger partial charge on any atom is -0.384 e. The summed E-state index contributed by atoms with van der Waals surface area (Å²) in [5, 5.41) is 16.3. The van der Waals surface area contributed by atoms with E-state index in [1.165, 1.54) is 0 Å². The topological polar surface area (TPSA) is 116 Å². The van der Waals surface area contributed by atoms with Gasteiger partial charge in [0.25, 0.3) is 0 Å². The molecule has 0 saturated carbocycles. The number of aliphatic hydroxyl groups is 1. The molecule has 0 spiro atoms. The molecule has 0 aliphatic heterocycles. The predicted molar refractivity (Wildman–Crippen MR) is 157 cm³/mol. The Bertz CT molecular complexity index is 1850. The molecule has 0 unspecified atom stereocenters. The van der Waals surface area contributed by atoms with Crippen LogP contribution in [0.3, 0.4) is 0 Å². The molecule has 198 valence electrons. The lowest BCUT2D eigenvalue weighted by Crippen LogP contribution is -2.18. The van der Waals surface area contributed by atoms with Gasteiger partial charge in [0.05, 0.1) is 46.1 Å². The van der Waals surface area contributed by atoms with E-state index in [1.807, 2.05) is 72.9 Å². The van der Waals surface area contributed by atoms with Crippen molar-refractivity contribution in [1.29, 1.82) is 0 Å². The third kappa shape index (κ3) is 5.02. The molecule has 0 radical (unpaired) electrons. The molecule has 0 fully saturated rings. The predicted octanol–water partition coefficient (Wildman–Crippen LogP) is 6.13. The number of nitrogen functional groups attached to an aromatic ring is 1. The van der Waals surface area contributed by atoms with Gasteiger partial charge in [-0.05, 0) is 44.2 Å². The summed E-state index contributed by atoms with van der Waals surface area (Å²) in [6.07, 6.45) is 5.30. The maximum absolute atomic E-state index is 10.3. The molecular weight excluding hydrogens is 522 g/mol. The highest BCUT2D eigenvalue weighted by Crippen LogP contribution is 2.37. The Labute approximate surface area is 236 Å². The summed E-state index contributed by atoms with van der Waals surface area (Å²) in [5.41, 5.74) is 11.8. The number of hydrogen-bond acceptors (Lipinski definition) is 7. The highest BCUT2D eigenvalue weighted by molar-refractivity contribution is 6.35. The monoisotopic (exact) mass is 547 g/mol. The Morgan fingerprint density at radius 2 is 1.65 bits per heavy atom. The molecule has 9 heteroatoms. The summed E-state index contributed by atoms with van der Waals surface area (Å²) in [7, 11) is 0. The van der Waals surface area contributed by atoms with E-state index in [1.54, 1.807) is 37.0 Å². The second-order valence-electron chi connectivity index (χ2n) is 10.1. The van der Waals surface area contributed by atoms with Crippen LogP contribution in [0.4, 0.5) is 5.82 Å². The molecule has 0 atom stereocenters. The van der Waals surface area contributed by atoms with Gasteiger partial charge in [0.2, 0.25) is 0 Å². The van der Waals surface area contributed by atoms with Crippen LogP contribution in [-0.2, 0) is 12.1 Å². The Kier molecular flexibility index (Phi) is 6.50. The van der Waals surface area contributed by atoms with Gasteiger partial charge in [-0.15, -0.1) is 0 Å². The number of rotatable bonds is 6. The summed E-state index contributed by atoms with van der Waals surface area (Å²) in [6.45, 7) is 3.84. The highest BCUT2D eigenvalue weighted by atomic mass is 35.5. The van der Waals surface area contributed by atoms with Crippen molar-refractivity contribution in [2.24, 2.45) is 0 Å². The largest absolute Gasteiger partial charge is 0.384 e. The number of pyridine rings is 2. The first-order chi connectivity index (χ1) is 19.3. The first-order valence-corrected chi connectivity index (χ1v) is 13.1. The van der Waals surface area contributed by atoms with Gasteiger partial charge >= 0.3 is 0 Å². The fraction of sp³-hybridized carbons (Fsp3) is 0.129. The molecule has 0 amide bonds. The second kappa shape index (κ2) is 10.1. The van der Waals surface area contributed by atoms with Gasteiger partial charge in [-0.25, -0.2) is 9.97 Å². The van der Waals surface area contributed by atoms with Crippen LogP contribution in [0, 0.1) is 0 Å². The van der Waals surface area contributed by atoms with Crippen LogP contribution in [0.25, 0.3) is 44.7 Å². The van der Waals surface area contributed by atoms with Gasteiger partial charge in [0.15, 0.2) is 5.82 Å². The van der Waals surface area contributed by atoms with Crippen LogP contribution in [0.15, 0.2) is 91.4 Å². The number of fused-ring (bicyclic) bond motifs is 1. The number of aromatic nitrogens is 6. The Balaban J connectivity index is 1.44. The molecule has 0 saturated heterocycles. The van der Waals surface area contributed by atoms with Crippen molar-refractivity contribution in [2.75, 3.05) is 5.73 Å². The molecule has 6 rings (SSSR count). The molecule has 0 bridgehead atoms. The van der Waals surface area contributed by atoms with Crippen molar-refractivity contribution in [1.82, 2.24) is 29.7 Å². The number of nitrogens with two attached hydrogens (primary N) is 1. The highest BCUT2D eigenvalue weighted by Gasteiger charge is 2.20. The van der Waals surface area contributed by atoms with E-state index in [-0.39, 0.29) is 5.82 Å². The summed E-state index contributed by atoms with van der Waals surface area (Å²) in [6, 6.07) is 23.1. The van der Waals surface area contributed by atoms with Crippen molar-refractivity contribution in [2.45, 2.75) is 26.0 Å². The molecular formula is C31H26ClN7O. The molecule has 3 N–H and O–H groups in total. The van der Waals surface area contributed by atoms with Crippen molar-refractivity contribution >= 4 is 28.3 Å². The SMILES string of the molecule is CC(C)(O)c1cccc(Cn2cc(-c3nc(-c4cc(Cl)c5ncccc5c4)c(-c4ccccc4)nc3N)cn2)n1. The van der Waals surface area contributed by atoms with Gasteiger partial charge < -0.3 is 10.8 Å². The van der Waals surface area contributed by atoms with E-state index in [4.69, 9.17) is 27.3 Å². The zero-order valence-corrected chi connectivity index (χ0v) is 22.7. The molecule has 8 nitrogen and oxygen atoms in total. The molecule has 4 aromatic heterocycles. The standard InChI is InChI=1S/C31H26ClN7O/c1-31(2,40)25-12-6-11-23(36-25)18-39-17-22(16-35-39)29-30(33)38-27(19-8-4-3-5-9-19)28(37-29)21-14-20-10-7-13-34-26(20)24(32)15-21/h3-17,40H,18H2,1-2H3,(H2,33,38). The Hall–Kier alpha value is -4.66. The summed E-state index contributed by atoms with van der Waals surface area (Å²) < 4.78 is 1.76. The second-order valence-corrected chi connectivity index (χ2v) is 10.5. The number of nitrogens with zero attached hydrogens (tertiary/aromatic N) is 6. The summed E-state index contributed by atoms with van der Waals surface area (Å²) in [5.74, 6) is 0.290. The molecule has 4 heterocycles. The maximum atomic E-state index is 10.3. The van der Waals surface area contributed by atoms with Crippen LogP contribution < -0.4 is 5.73 Å². The van der Waals surface area contributed by atoms with E-state index in [0.29, 0.717) is 34.3 Å². The molecule has 6 aromatic rings. The Morgan fingerprint density at radius 1 is 0.850 bits per heavy atom. The van der Waals surface area contributed by atoms with E-state index in [0.717, 1.165) is 33.3 Å². The smallest absolute Gasteiger partial charge is 0.150 e. The quantitative estimate of drug-likeness (QED) is 0.258. The van der Waals surface area contributed by atoms with E-state index >= 15 is 0 Å². The maximum Gasteiger partial charge on any atom is 0.150 e. The fourth-order valence-electron chi connectivity index (χ4n) is 4.59. The van der Waals surface area contributed by atoms with Crippen molar-refractivity contribution < 1.29 is 5.11 Å². The van der Waals surface area contributed by atoms with E-state index in [2.05, 4.69) is 15.1 Å². The van der Waals surface area contributed by atoms with Crippen molar-refractivity contribution in [3.8, 4) is 33.8 Å². The fourth-order valence-corrected chi connectivity index (χ4v) is 4.87. The van der Waals surface area contributed by atoms with Crippen LogP contribution in [-0.4, -0.2) is 34.8 Å².